The molecular weight excluding hydrogens is 391 g/mol. The monoisotopic (exact) mass is 412 g/mol. The number of hydrogen-bond acceptors (Lipinski definition) is 5. The van der Waals surface area contributed by atoms with E-state index in [9.17, 15) is 9.59 Å². The lowest BCUT2D eigenvalue weighted by atomic mass is 9.77. The molecule has 2 N–H and O–H groups in total. The Labute approximate surface area is 168 Å². The van der Waals surface area contributed by atoms with Gasteiger partial charge < -0.3 is 19.8 Å². The van der Waals surface area contributed by atoms with Gasteiger partial charge in [-0.2, -0.15) is 0 Å². The number of halogens is 2. The average molecular weight is 413 g/mol. The second kappa shape index (κ2) is 8.19. The van der Waals surface area contributed by atoms with Gasteiger partial charge in [0.15, 0.2) is 0 Å². The maximum absolute atomic E-state index is 12.4. The van der Waals surface area contributed by atoms with Gasteiger partial charge in [0.25, 0.3) is 5.91 Å². The minimum Gasteiger partial charge on any atom is -0.422 e. The Bertz CT molecular complexity index is 893. The van der Waals surface area contributed by atoms with E-state index in [4.69, 9.17) is 20.8 Å². The first-order valence-corrected chi connectivity index (χ1v) is 9.26. The molecule has 2 aromatic rings. The minimum absolute atomic E-state index is 0. The van der Waals surface area contributed by atoms with Crippen LogP contribution in [-0.2, 0) is 4.74 Å². The Kier molecular flexibility index (Phi) is 6.11. The first-order chi connectivity index (χ1) is 12.5. The van der Waals surface area contributed by atoms with E-state index in [1.807, 2.05) is 0 Å². The fourth-order valence-corrected chi connectivity index (χ4v) is 4.07. The van der Waals surface area contributed by atoms with Crippen LogP contribution in [0.1, 0.15) is 29.6 Å². The second-order valence-electron chi connectivity index (χ2n) is 7.23. The number of nitrogens with one attached hydrogen (secondary N) is 2. The van der Waals surface area contributed by atoms with Crippen LogP contribution >= 0.6 is 24.0 Å². The molecule has 1 unspecified atom stereocenters. The summed E-state index contributed by atoms with van der Waals surface area (Å²) in [6.45, 7) is 3.17. The van der Waals surface area contributed by atoms with E-state index in [1.165, 1.54) is 6.07 Å². The van der Waals surface area contributed by atoms with Gasteiger partial charge in [-0.3, -0.25) is 4.79 Å². The van der Waals surface area contributed by atoms with E-state index >= 15 is 0 Å². The molecule has 4 rings (SSSR count). The van der Waals surface area contributed by atoms with E-state index in [0.29, 0.717) is 22.5 Å². The van der Waals surface area contributed by atoms with Crippen LogP contribution in [0.25, 0.3) is 11.0 Å². The molecule has 146 valence electrons. The molecule has 2 saturated heterocycles. The summed E-state index contributed by atoms with van der Waals surface area (Å²) in [5, 5.41) is 7.31. The van der Waals surface area contributed by atoms with E-state index in [1.54, 1.807) is 18.2 Å². The third kappa shape index (κ3) is 4.29. The molecule has 1 aromatic heterocycles. The van der Waals surface area contributed by atoms with Gasteiger partial charge in [-0.15, -0.1) is 12.4 Å². The molecule has 0 aliphatic carbocycles. The van der Waals surface area contributed by atoms with Gasteiger partial charge in [0.05, 0.1) is 12.7 Å². The number of rotatable bonds is 3. The number of carbonyl (C=O) groups is 1. The molecule has 2 aliphatic heterocycles. The topological polar surface area (TPSA) is 80.6 Å². The predicted octanol–water partition coefficient (Wildman–Crippen LogP) is 2.76. The Morgan fingerprint density at radius 3 is 2.85 bits per heavy atom. The fraction of sp³-hybridized carbons (Fsp3) is 0.474. The molecule has 1 aromatic carbocycles. The first-order valence-electron chi connectivity index (χ1n) is 8.89. The standard InChI is InChI=1S/C19H21ClN2O4.ClH/c20-13-1-2-16-12(7-13)8-15(18(24)26-16)17(23)22-10-14-9-19(11-25-14)3-5-21-6-4-19;/h1-2,7-8,14,21H,3-6,9-11H2,(H,22,23);1H. The normalized spacial score (nSPS) is 21.1. The van der Waals surface area contributed by atoms with Crippen molar-refractivity contribution in [2.75, 3.05) is 26.2 Å². The zero-order valence-electron chi connectivity index (χ0n) is 14.8. The molecule has 2 aliphatic rings. The van der Waals surface area contributed by atoms with Gasteiger partial charge in [0, 0.05) is 17.0 Å². The summed E-state index contributed by atoms with van der Waals surface area (Å²) in [6, 6.07) is 6.44. The van der Waals surface area contributed by atoms with E-state index in [-0.39, 0.29) is 29.5 Å². The number of carbonyl (C=O) groups excluding carboxylic acids is 1. The van der Waals surface area contributed by atoms with Crippen molar-refractivity contribution in [3.63, 3.8) is 0 Å². The molecule has 8 heteroatoms. The molecule has 1 atom stereocenters. The van der Waals surface area contributed by atoms with Crippen molar-refractivity contribution in [2.24, 2.45) is 5.41 Å². The summed E-state index contributed by atoms with van der Waals surface area (Å²) in [4.78, 5) is 24.5. The van der Waals surface area contributed by atoms with Gasteiger partial charge >= 0.3 is 5.63 Å². The molecule has 1 spiro atoms. The summed E-state index contributed by atoms with van der Waals surface area (Å²) < 4.78 is 11.1. The van der Waals surface area contributed by atoms with Gasteiger partial charge in [0.2, 0.25) is 0 Å². The number of piperidine rings is 1. The number of amides is 1. The van der Waals surface area contributed by atoms with Crippen molar-refractivity contribution >= 4 is 40.9 Å². The van der Waals surface area contributed by atoms with Gasteiger partial charge in [-0.25, -0.2) is 4.79 Å². The average Bonchev–Trinajstić information content (AvgIpc) is 3.02. The van der Waals surface area contributed by atoms with Crippen molar-refractivity contribution in [1.82, 2.24) is 10.6 Å². The van der Waals surface area contributed by atoms with Crippen LogP contribution in [0.2, 0.25) is 5.02 Å². The molecule has 3 heterocycles. The summed E-state index contributed by atoms with van der Waals surface area (Å²) in [5.74, 6) is -0.449. The van der Waals surface area contributed by atoms with Crippen LogP contribution in [0.15, 0.2) is 33.5 Å². The van der Waals surface area contributed by atoms with Crippen LogP contribution in [0.3, 0.4) is 0 Å². The zero-order valence-corrected chi connectivity index (χ0v) is 16.3. The number of fused-ring (bicyclic) bond motifs is 1. The predicted molar refractivity (Wildman–Crippen MR) is 106 cm³/mol. The minimum atomic E-state index is -0.653. The highest BCUT2D eigenvalue weighted by atomic mass is 35.5. The van der Waals surface area contributed by atoms with Crippen LogP contribution in [0, 0.1) is 5.41 Å². The van der Waals surface area contributed by atoms with Crippen molar-refractivity contribution in [1.29, 1.82) is 0 Å². The quantitative estimate of drug-likeness (QED) is 0.757. The Morgan fingerprint density at radius 2 is 2.07 bits per heavy atom. The smallest absolute Gasteiger partial charge is 0.349 e. The van der Waals surface area contributed by atoms with Crippen molar-refractivity contribution in [2.45, 2.75) is 25.4 Å². The lowest BCUT2D eigenvalue weighted by molar-refractivity contribution is 0.0780. The zero-order chi connectivity index (χ0) is 18.1. The Morgan fingerprint density at radius 1 is 1.30 bits per heavy atom. The van der Waals surface area contributed by atoms with Crippen molar-refractivity contribution < 1.29 is 13.9 Å². The molecule has 6 nitrogen and oxygen atoms in total. The van der Waals surface area contributed by atoms with Crippen LogP contribution in [0.4, 0.5) is 0 Å². The SMILES string of the molecule is Cl.O=C(NCC1CC2(CCNCC2)CO1)c1cc2cc(Cl)ccc2oc1=O. The van der Waals surface area contributed by atoms with Gasteiger partial charge in [-0.05, 0) is 62.0 Å². The Balaban J connectivity index is 0.00000210. The maximum atomic E-state index is 12.4. The van der Waals surface area contributed by atoms with Crippen LogP contribution in [-0.4, -0.2) is 38.3 Å². The highest BCUT2D eigenvalue weighted by Gasteiger charge is 2.40. The second-order valence-corrected chi connectivity index (χ2v) is 7.66. The molecular formula is C19H22Cl2N2O4. The molecule has 1 amide bonds. The summed E-state index contributed by atoms with van der Waals surface area (Å²) in [6.07, 6.45) is 3.13. The first kappa shape index (κ1) is 20.1. The Hall–Kier alpha value is -1.60. The summed E-state index contributed by atoms with van der Waals surface area (Å²) in [7, 11) is 0. The lowest BCUT2D eigenvalue weighted by Crippen LogP contribution is -2.38. The summed E-state index contributed by atoms with van der Waals surface area (Å²) in [5.41, 5.74) is -0.0314. The molecule has 0 radical (unpaired) electrons. The summed E-state index contributed by atoms with van der Waals surface area (Å²) >= 11 is 5.97. The lowest BCUT2D eigenvalue weighted by Gasteiger charge is -2.32. The van der Waals surface area contributed by atoms with Crippen LogP contribution < -0.4 is 16.3 Å². The number of ether oxygens (including phenoxy) is 1. The maximum Gasteiger partial charge on any atom is 0.349 e. The van der Waals surface area contributed by atoms with Gasteiger partial charge in [0.1, 0.15) is 11.1 Å². The van der Waals surface area contributed by atoms with Gasteiger partial charge in [-0.1, -0.05) is 11.6 Å². The molecule has 27 heavy (non-hydrogen) atoms. The molecule has 0 saturated carbocycles. The van der Waals surface area contributed by atoms with Crippen molar-refractivity contribution in [3.8, 4) is 0 Å². The van der Waals surface area contributed by atoms with E-state index in [0.717, 1.165) is 39.0 Å². The van der Waals surface area contributed by atoms with Crippen molar-refractivity contribution in [3.05, 3.63) is 45.3 Å². The largest absolute Gasteiger partial charge is 0.422 e. The molecule has 0 bridgehead atoms. The number of benzene rings is 1. The highest BCUT2D eigenvalue weighted by Crippen LogP contribution is 2.40. The highest BCUT2D eigenvalue weighted by molar-refractivity contribution is 6.31. The van der Waals surface area contributed by atoms with E-state index < -0.39 is 11.5 Å². The van der Waals surface area contributed by atoms with E-state index in [2.05, 4.69) is 10.6 Å². The molecule has 2 fully saturated rings. The van der Waals surface area contributed by atoms with Crippen LogP contribution in [0.5, 0.6) is 0 Å². The number of hydrogen-bond donors (Lipinski definition) is 2. The third-order valence-electron chi connectivity index (χ3n) is 5.38. The fourth-order valence-electron chi connectivity index (χ4n) is 3.89. The third-order valence-corrected chi connectivity index (χ3v) is 5.61.